The van der Waals surface area contributed by atoms with Gasteiger partial charge in [-0.25, -0.2) is 19.5 Å². The molecule has 0 saturated carbocycles. The Kier molecular flexibility index (Phi) is 5.65. The van der Waals surface area contributed by atoms with Gasteiger partial charge in [0.15, 0.2) is 0 Å². The Labute approximate surface area is 153 Å². The van der Waals surface area contributed by atoms with Crippen LogP contribution < -0.4 is 4.90 Å². The molecule has 2 aromatic rings. The number of hydrogen-bond donors (Lipinski definition) is 1. The van der Waals surface area contributed by atoms with Crippen LogP contribution in [0.5, 0.6) is 0 Å². The lowest BCUT2D eigenvalue weighted by Gasteiger charge is -2.29. The first-order valence-corrected chi connectivity index (χ1v) is 8.37. The SMILES string of the molecule is Cc1ccccc1-c1ccnc(N(C(=O)OC(C)(C)C)[C@@H](C)C(=O)O)c1. The van der Waals surface area contributed by atoms with Gasteiger partial charge in [-0.1, -0.05) is 24.3 Å². The molecule has 0 saturated heterocycles. The number of ether oxygens (including phenoxy) is 1. The quantitative estimate of drug-likeness (QED) is 0.885. The number of anilines is 1. The number of carbonyl (C=O) groups excluding carboxylic acids is 1. The predicted molar refractivity (Wildman–Crippen MR) is 100 cm³/mol. The van der Waals surface area contributed by atoms with Crippen molar-refractivity contribution in [3.05, 3.63) is 48.2 Å². The van der Waals surface area contributed by atoms with Crippen LogP contribution in [0.2, 0.25) is 0 Å². The van der Waals surface area contributed by atoms with E-state index in [4.69, 9.17) is 4.74 Å². The third-order valence-corrected chi connectivity index (χ3v) is 3.78. The molecule has 138 valence electrons. The molecule has 0 spiro atoms. The molecule has 6 nitrogen and oxygen atoms in total. The summed E-state index contributed by atoms with van der Waals surface area (Å²) < 4.78 is 5.38. The lowest BCUT2D eigenvalue weighted by atomic mass is 10.0. The highest BCUT2D eigenvalue weighted by atomic mass is 16.6. The fourth-order valence-electron chi connectivity index (χ4n) is 2.49. The Morgan fingerprint density at radius 3 is 2.42 bits per heavy atom. The maximum atomic E-state index is 12.6. The molecule has 1 amide bonds. The van der Waals surface area contributed by atoms with Crippen molar-refractivity contribution in [2.24, 2.45) is 0 Å². The molecule has 26 heavy (non-hydrogen) atoms. The number of rotatable bonds is 4. The van der Waals surface area contributed by atoms with E-state index >= 15 is 0 Å². The lowest BCUT2D eigenvalue weighted by Crippen LogP contribution is -2.46. The molecule has 0 aliphatic rings. The standard InChI is InChI=1S/C20H24N2O4/c1-13-8-6-7-9-16(13)15-10-11-21-17(12-15)22(14(2)18(23)24)19(25)26-20(3,4)5/h6-12,14H,1-5H3,(H,23,24)/t14-/m0/s1. The van der Waals surface area contributed by atoms with Gasteiger partial charge in [0.25, 0.3) is 0 Å². The summed E-state index contributed by atoms with van der Waals surface area (Å²) in [6.45, 7) is 8.60. The van der Waals surface area contributed by atoms with Gasteiger partial charge in [-0.15, -0.1) is 0 Å². The van der Waals surface area contributed by atoms with Crippen molar-refractivity contribution in [1.82, 2.24) is 4.98 Å². The van der Waals surface area contributed by atoms with Gasteiger partial charge < -0.3 is 9.84 Å². The van der Waals surface area contributed by atoms with Gasteiger partial charge in [-0.2, -0.15) is 0 Å². The average Bonchev–Trinajstić information content (AvgIpc) is 2.54. The Balaban J connectivity index is 2.49. The zero-order valence-electron chi connectivity index (χ0n) is 15.7. The Morgan fingerprint density at radius 1 is 1.19 bits per heavy atom. The van der Waals surface area contributed by atoms with Crippen LogP contribution in [0.1, 0.15) is 33.3 Å². The largest absolute Gasteiger partial charge is 0.480 e. The van der Waals surface area contributed by atoms with E-state index in [9.17, 15) is 14.7 Å². The van der Waals surface area contributed by atoms with E-state index in [1.54, 1.807) is 33.0 Å². The van der Waals surface area contributed by atoms with Crippen LogP contribution in [0.25, 0.3) is 11.1 Å². The van der Waals surface area contributed by atoms with Crippen LogP contribution in [0.3, 0.4) is 0 Å². The molecule has 1 aromatic carbocycles. The molecule has 0 unspecified atom stereocenters. The second-order valence-electron chi connectivity index (χ2n) is 7.08. The van der Waals surface area contributed by atoms with Crippen molar-refractivity contribution in [1.29, 1.82) is 0 Å². The minimum atomic E-state index is -1.14. The van der Waals surface area contributed by atoms with Crippen LogP contribution in [-0.4, -0.2) is 33.8 Å². The summed E-state index contributed by atoms with van der Waals surface area (Å²) in [6, 6.07) is 10.2. The van der Waals surface area contributed by atoms with Crippen molar-refractivity contribution < 1.29 is 19.4 Å². The Morgan fingerprint density at radius 2 is 1.85 bits per heavy atom. The maximum Gasteiger partial charge on any atom is 0.416 e. The smallest absolute Gasteiger partial charge is 0.416 e. The van der Waals surface area contributed by atoms with Crippen LogP contribution in [-0.2, 0) is 9.53 Å². The number of benzene rings is 1. The number of amides is 1. The molecule has 1 atom stereocenters. The van der Waals surface area contributed by atoms with Crippen molar-refractivity contribution in [3.63, 3.8) is 0 Å². The molecule has 2 rings (SSSR count). The van der Waals surface area contributed by atoms with Crippen LogP contribution in [0.4, 0.5) is 10.6 Å². The summed E-state index contributed by atoms with van der Waals surface area (Å²) in [7, 11) is 0. The summed E-state index contributed by atoms with van der Waals surface area (Å²) >= 11 is 0. The van der Waals surface area contributed by atoms with E-state index in [2.05, 4.69) is 4.98 Å². The Bertz CT molecular complexity index is 811. The van der Waals surface area contributed by atoms with Crippen molar-refractivity contribution in [2.75, 3.05) is 4.90 Å². The van der Waals surface area contributed by atoms with E-state index in [1.165, 1.54) is 6.92 Å². The molecule has 0 bridgehead atoms. The molecular weight excluding hydrogens is 332 g/mol. The number of aromatic nitrogens is 1. The van der Waals surface area contributed by atoms with Crippen molar-refractivity contribution >= 4 is 17.9 Å². The minimum absolute atomic E-state index is 0.231. The average molecular weight is 356 g/mol. The van der Waals surface area contributed by atoms with Gasteiger partial charge >= 0.3 is 12.1 Å². The summed E-state index contributed by atoms with van der Waals surface area (Å²) in [5, 5.41) is 9.41. The van der Waals surface area contributed by atoms with Gasteiger partial charge in [0.05, 0.1) is 0 Å². The molecule has 0 aliphatic carbocycles. The molecule has 1 heterocycles. The van der Waals surface area contributed by atoms with Gasteiger partial charge in [-0.3, -0.25) is 0 Å². The topological polar surface area (TPSA) is 79.7 Å². The molecular formula is C20H24N2O4. The molecule has 0 aliphatic heterocycles. The molecule has 0 radical (unpaired) electrons. The predicted octanol–water partition coefficient (Wildman–Crippen LogP) is 4.27. The molecule has 0 fully saturated rings. The van der Waals surface area contributed by atoms with E-state index in [1.807, 2.05) is 37.3 Å². The zero-order chi connectivity index (χ0) is 19.5. The Hall–Kier alpha value is -2.89. The highest BCUT2D eigenvalue weighted by molar-refractivity contribution is 5.94. The first kappa shape index (κ1) is 19.4. The number of pyridine rings is 1. The van der Waals surface area contributed by atoms with Crippen molar-refractivity contribution in [2.45, 2.75) is 46.3 Å². The first-order valence-electron chi connectivity index (χ1n) is 8.37. The second-order valence-corrected chi connectivity index (χ2v) is 7.08. The summed E-state index contributed by atoms with van der Waals surface area (Å²) in [4.78, 5) is 29.4. The van der Waals surface area contributed by atoms with E-state index in [0.717, 1.165) is 21.6 Å². The lowest BCUT2D eigenvalue weighted by molar-refractivity contribution is -0.138. The summed E-state index contributed by atoms with van der Waals surface area (Å²) in [5.74, 6) is -0.908. The van der Waals surface area contributed by atoms with Gasteiger partial charge in [0.1, 0.15) is 17.5 Å². The minimum Gasteiger partial charge on any atom is -0.480 e. The second kappa shape index (κ2) is 7.56. The number of aryl methyl sites for hydroxylation is 1. The maximum absolute atomic E-state index is 12.6. The normalized spacial score (nSPS) is 12.3. The number of carboxylic acid groups (broad SMARTS) is 1. The highest BCUT2D eigenvalue weighted by Crippen LogP contribution is 2.27. The van der Waals surface area contributed by atoms with E-state index in [-0.39, 0.29) is 5.82 Å². The fourth-order valence-corrected chi connectivity index (χ4v) is 2.49. The highest BCUT2D eigenvalue weighted by Gasteiger charge is 2.32. The van der Waals surface area contributed by atoms with E-state index in [0.29, 0.717) is 0 Å². The number of nitrogens with zero attached hydrogens (tertiary/aromatic N) is 2. The number of carbonyl (C=O) groups is 2. The van der Waals surface area contributed by atoms with Gasteiger partial charge in [0.2, 0.25) is 0 Å². The monoisotopic (exact) mass is 356 g/mol. The first-order chi connectivity index (χ1) is 12.1. The number of hydrogen-bond acceptors (Lipinski definition) is 4. The van der Waals surface area contributed by atoms with E-state index < -0.39 is 23.7 Å². The summed E-state index contributed by atoms with van der Waals surface area (Å²) in [5.41, 5.74) is 2.16. The summed E-state index contributed by atoms with van der Waals surface area (Å²) in [6.07, 6.45) is 0.810. The van der Waals surface area contributed by atoms with Gasteiger partial charge in [0, 0.05) is 6.20 Å². The van der Waals surface area contributed by atoms with Crippen LogP contribution in [0.15, 0.2) is 42.6 Å². The molecule has 6 heteroatoms. The van der Waals surface area contributed by atoms with Crippen molar-refractivity contribution in [3.8, 4) is 11.1 Å². The van der Waals surface area contributed by atoms with Crippen LogP contribution in [0, 0.1) is 6.92 Å². The fraction of sp³-hybridized carbons (Fsp3) is 0.350. The number of aliphatic carboxylic acids is 1. The molecule has 1 N–H and O–H groups in total. The molecule has 1 aromatic heterocycles. The number of carboxylic acids is 1. The zero-order valence-corrected chi connectivity index (χ0v) is 15.7. The van der Waals surface area contributed by atoms with Crippen LogP contribution >= 0.6 is 0 Å². The third-order valence-electron chi connectivity index (χ3n) is 3.78. The third kappa shape index (κ3) is 4.59. The van der Waals surface area contributed by atoms with Gasteiger partial charge in [-0.05, 0) is 63.4 Å².